The first-order chi connectivity index (χ1) is 11.2. The Morgan fingerprint density at radius 3 is 2.61 bits per heavy atom. The average molecular weight is 315 g/mol. The molecule has 1 fully saturated rings. The van der Waals surface area contributed by atoms with Crippen molar-refractivity contribution in [2.24, 2.45) is 5.92 Å². The minimum Gasteiger partial charge on any atom is -0.356 e. The fourth-order valence-electron chi connectivity index (χ4n) is 3.23. The molecule has 5 nitrogen and oxygen atoms in total. The van der Waals surface area contributed by atoms with Gasteiger partial charge in [0.05, 0.1) is 6.04 Å². The molecular formula is C18H25N3O2. The topological polar surface area (TPSA) is 70.2 Å². The van der Waals surface area contributed by atoms with E-state index in [9.17, 15) is 9.59 Å². The number of hydrogen-bond donors (Lipinski definition) is 3. The van der Waals surface area contributed by atoms with Crippen LogP contribution in [-0.4, -0.2) is 25.0 Å². The van der Waals surface area contributed by atoms with Gasteiger partial charge < -0.3 is 16.0 Å². The summed E-state index contributed by atoms with van der Waals surface area (Å²) in [5.74, 6) is 0.400. The molecule has 0 aliphatic heterocycles. The quantitative estimate of drug-likeness (QED) is 0.705. The van der Waals surface area contributed by atoms with Gasteiger partial charge in [0.15, 0.2) is 0 Å². The summed E-state index contributed by atoms with van der Waals surface area (Å²) in [4.78, 5) is 23.6. The number of rotatable bonds is 6. The summed E-state index contributed by atoms with van der Waals surface area (Å²) in [5, 5.41) is 8.84. The highest BCUT2D eigenvalue weighted by Crippen LogP contribution is 2.30. The smallest absolute Gasteiger partial charge is 0.315 e. The zero-order chi connectivity index (χ0) is 16.1. The van der Waals surface area contributed by atoms with Crippen molar-refractivity contribution in [2.75, 3.05) is 13.1 Å². The molecule has 3 rings (SSSR count). The maximum Gasteiger partial charge on any atom is 0.315 e. The monoisotopic (exact) mass is 315 g/mol. The molecule has 3 N–H and O–H groups in total. The molecule has 0 heterocycles. The summed E-state index contributed by atoms with van der Waals surface area (Å²) in [7, 11) is 0. The van der Waals surface area contributed by atoms with Gasteiger partial charge in [-0.25, -0.2) is 4.79 Å². The fraction of sp³-hybridized carbons (Fsp3) is 0.556. The molecule has 124 valence electrons. The summed E-state index contributed by atoms with van der Waals surface area (Å²) in [6.07, 6.45) is 5.96. The van der Waals surface area contributed by atoms with Gasteiger partial charge in [-0.3, -0.25) is 4.79 Å². The summed E-state index contributed by atoms with van der Waals surface area (Å²) in [5.41, 5.74) is 2.56. The molecule has 1 aromatic carbocycles. The SMILES string of the molecule is O=C(NCCCNC(=O)C1CCC1)NC1CCc2ccccc21. The van der Waals surface area contributed by atoms with Crippen molar-refractivity contribution in [2.45, 2.75) is 44.6 Å². The first kappa shape index (κ1) is 15.8. The van der Waals surface area contributed by atoms with Gasteiger partial charge in [-0.05, 0) is 43.2 Å². The third-order valence-corrected chi connectivity index (χ3v) is 4.85. The number of carbonyl (C=O) groups excluding carboxylic acids is 2. The number of hydrogen-bond acceptors (Lipinski definition) is 2. The number of urea groups is 1. The van der Waals surface area contributed by atoms with Gasteiger partial charge in [-0.1, -0.05) is 30.7 Å². The lowest BCUT2D eigenvalue weighted by atomic mass is 9.85. The number of aryl methyl sites for hydroxylation is 1. The van der Waals surface area contributed by atoms with Gasteiger partial charge in [0, 0.05) is 19.0 Å². The zero-order valence-corrected chi connectivity index (χ0v) is 13.4. The average Bonchev–Trinajstić information content (AvgIpc) is 2.88. The Bertz CT molecular complexity index is 569. The molecule has 0 spiro atoms. The predicted octanol–water partition coefficient (Wildman–Crippen LogP) is 2.28. The van der Waals surface area contributed by atoms with Crippen LogP contribution in [0.5, 0.6) is 0 Å². The maximum atomic E-state index is 12.0. The highest BCUT2D eigenvalue weighted by molar-refractivity contribution is 5.79. The largest absolute Gasteiger partial charge is 0.356 e. The van der Waals surface area contributed by atoms with Crippen LogP contribution in [0.3, 0.4) is 0 Å². The van der Waals surface area contributed by atoms with Gasteiger partial charge in [0.1, 0.15) is 0 Å². The lowest BCUT2D eigenvalue weighted by Gasteiger charge is -2.24. The van der Waals surface area contributed by atoms with Gasteiger partial charge >= 0.3 is 6.03 Å². The van der Waals surface area contributed by atoms with Crippen molar-refractivity contribution in [3.63, 3.8) is 0 Å². The van der Waals surface area contributed by atoms with Crippen LogP contribution in [0.2, 0.25) is 0 Å². The summed E-state index contributed by atoms with van der Waals surface area (Å²) in [6, 6.07) is 8.26. The Kier molecular flexibility index (Phi) is 5.16. The van der Waals surface area contributed by atoms with Crippen molar-refractivity contribution in [1.82, 2.24) is 16.0 Å². The van der Waals surface area contributed by atoms with E-state index in [-0.39, 0.29) is 23.9 Å². The lowest BCUT2D eigenvalue weighted by Crippen LogP contribution is -2.39. The van der Waals surface area contributed by atoms with Crippen molar-refractivity contribution in [3.05, 3.63) is 35.4 Å². The Morgan fingerprint density at radius 2 is 1.83 bits per heavy atom. The number of fused-ring (bicyclic) bond motifs is 1. The molecule has 1 atom stereocenters. The molecule has 2 aliphatic rings. The standard InChI is InChI=1S/C18H25N3O2/c22-17(14-6-3-7-14)19-11-4-12-20-18(23)21-16-10-9-13-5-1-2-8-15(13)16/h1-2,5,8,14,16H,3-4,6-7,9-12H2,(H,19,22)(H2,20,21,23). The first-order valence-corrected chi connectivity index (χ1v) is 8.64. The minimum atomic E-state index is -0.128. The molecule has 0 aromatic heterocycles. The molecule has 5 heteroatoms. The van der Waals surface area contributed by atoms with Crippen LogP contribution in [0.1, 0.15) is 49.3 Å². The minimum absolute atomic E-state index is 0.115. The molecule has 0 saturated heterocycles. The second-order valence-electron chi connectivity index (χ2n) is 6.46. The lowest BCUT2D eigenvalue weighted by molar-refractivity contribution is -0.127. The molecule has 1 saturated carbocycles. The van der Waals surface area contributed by atoms with E-state index in [1.54, 1.807) is 0 Å². The third-order valence-electron chi connectivity index (χ3n) is 4.85. The van der Waals surface area contributed by atoms with E-state index in [4.69, 9.17) is 0 Å². The van der Waals surface area contributed by atoms with Crippen molar-refractivity contribution < 1.29 is 9.59 Å². The van der Waals surface area contributed by atoms with Crippen LogP contribution in [-0.2, 0) is 11.2 Å². The van der Waals surface area contributed by atoms with Crippen LogP contribution < -0.4 is 16.0 Å². The van der Waals surface area contributed by atoms with Crippen molar-refractivity contribution in [1.29, 1.82) is 0 Å². The molecule has 0 radical (unpaired) electrons. The Morgan fingerprint density at radius 1 is 1.04 bits per heavy atom. The van der Waals surface area contributed by atoms with Crippen LogP contribution in [0, 0.1) is 5.92 Å². The second kappa shape index (κ2) is 7.49. The van der Waals surface area contributed by atoms with Crippen LogP contribution >= 0.6 is 0 Å². The maximum absolute atomic E-state index is 12.0. The van der Waals surface area contributed by atoms with E-state index in [2.05, 4.69) is 28.1 Å². The molecule has 3 amide bonds. The number of benzene rings is 1. The normalized spacial score (nSPS) is 19.6. The summed E-state index contributed by atoms with van der Waals surface area (Å²) in [6.45, 7) is 1.20. The van der Waals surface area contributed by atoms with Crippen molar-refractivity contribution in [3.8, 4) is 0 Å². The number of amides is 3. The van der Waals surface area contributed by atoms with Gasteiger partial charge in [-0.2, -0.15) is 0 Å². The molecule has 23 heavy (non-hydrogen) atoms. The van der Waals surface area contributed by atoms with Crippen molar-refractivity contribution >= 4 is 11.9 Å². The summed E-state index contributed by atoms with van der Waals surface area (Å²) < 4.78 is 0. The third kappa shape index (κ3) is 4.03. The first-order valence-electron chi connectivity index (χ1n) is 8.64. The van der Waals surface area contributed by atoms with E-state index in [0.29, 0.717) is 13.1 Å². The summed E-state index contributed by atoms with van der Waals surface area (Å²) >= 11 is 0. The van der Waals surface area contributed by atoms with Gasteiger partial charge in [0.25, 0.3) is 0 Å². The Hall–Kier alpha value is -2.04. The van der Waals surface area contributed by atoms with Crippen LogP contribution in [0.15, 0.2) is 24.3 Å². The van der Waals surface area contributed by atoms with E-state index in [0.717, 1.165) is 32.1 Å². The number of nitrogens with one attached hydrogen (secondary N) is 3. The fourth-order valence-corrected chi connectivity index (χ4v) is 3.23. The van der Waals surface area contributed by atoms with Gasteiger partial charge in [0.2, 0.25) is 5.91 Å². The number of carbonyl (C=O) groups is 2. The zero-order valence-electron chi connectivity index (χ0n) is 13.4. The molecular weight excluding hydrogens is 290 g/mol. The Balaban J connectivity index is 1.30. The van der Waals surface area contributed by atoms with Crippen LogP contribution in [0.25, 0.3) is 0 Å². The second-order valence-corrected chi connectivity index (χ2v) is 6.46. The van der Waals surface area contributed by atoms with Crippen LogP contribution in [0.4, 0.5) is 4.79 Å². The molecule has 1 unspecified atom stereocenters. The predicted molar refractivity (Wildman–Crippen MR) is 89.0 cm³/mol. The van der Waals surface area contributed by atoms with E-state index >= 15 is 0 Å². The highest BCUT2D eigenvalue weighted by Gasteiger charge is 2.25. The van der Waals surface area contributed by atoms with E-state index < -0.39 is 0 Å². The molecule has 1 aromatic rings. The van der Waals surface area contributed by atoms with E-state index in [1.165, 1.54) is 17.5 Å². The van der Waals surface area contributed by atoms with Gasteiger partial charge in [-0.15, -0.1) is 0 Å². The Labute approximate surface area is 137 Å². The molecule has 0 bridgehead atoms. The van der Waals surface area contributed by atoms with E-state index in [1.807, 2.05) is 12.1 Å². The highest BCUT2D eigenvalue weighted by atomic mass is 16.2. The molecule has 2 aliphatic carbocycles.